The monoisotopic (exact) mass is 303 g/mol. The van der Waals surface area contributed by atoms with Crippen molar-refractivity contribution < 1.29 is 4.79 Å². The summed E-state index contributed by atoms with van der Waals surface area (Å²) in [5, 5.41) is 5.24. The first-order chi connectivity index (χ1) is 11.2. The molecule has 3 N–H and O–H groups in total. The zero-order chi connectivity index (χ0) is 15.8. The number of H-pyrrole nitrogens is 2. The Hall–Kier alpha value is -3.01. The van der Waals surface area contributed by atoms with Crippen LogP contribution in [0.3, 0.4) is 0 Å². The summed E-state index contributed by atoms with van der Waals surface area (Å²) in [6.45, 7) is 2.01. The molecule has 0 saturated carbocycles. The van der Waals surface area contributed by atoms with E-state index in [-0.39, 0.29) is 5.91 Å². The van der Waals surface area contributed by atoms with Crippen LogP contribution < -0.4 is 5.32 Å². The Balaban J connectivity index is 1.56. The molecule has 2 aromatic heterocycles. The van der Waals surface area contributed by atoms with Gasteiger partial charge in [-0.1, -0.05) is 18.2 Å². The molecule has 0 bridgehead atoms. The highest BCUT2D eigenvalue weighted by Crippen LogP contribution is 2.23. The largest absolute Gasteiger partial charge is 0.361 e. The van der Waals surface area contributed by atoms with E-state index in [0.29, 0.717) is 6.42 Å². The van der Waals surface area contributed by atoms with Crippen molar-refractivity contribution in [3.8, 4) is 0 Å². The predicted octanol–water partition coefficient (Wildman–Crippen LogP) is 4.14. The Morgan fingerprint density at radius 3 is 2.91 bits per heavy atom. The van der Waals surface area contributed by atoms with Gasteiger partial charge in [0.15, 0.2) is 0 Å². The van der Waals surface area contributed by atoms with E-state index in [4.69, 9.17) is 0 Å². The number of aromatic nitrogens is 2. The highest BCUT2D eigenvalue weighted by atomic mass is 16.1. The Morgan fingerprint density at radius 1 is 1.09 bits per heavy atom. The number of hydrogen-bond donors (Lipinski definition) is 3. The van der Waals surface area contributed by atoms with Gasteiger partial charge < -0.3 is 15.3 Å². The molecular weight excluding hydrogens is 286 g/mol. The summed E-state index contributed by atoms with van der Waals surface area (Å²) in [6.07, 6.45) is 2.26. The molecule has 0 aliphatic carbocycles. The number of aryl methyl sites for hydroxylation is 1. The number of para-hydroxylation sites is 1. The lowest BCUT2D eigenvalue weighted by Gasteiger charge is -2.07. The van der Waals surface area contributed by atoms with Crippen molar-refractivity contribution in [2.45, 2.75) is 13.3 Å². The van der Waals surface area contributed by atoms with Gasteiger partial charge in [0, 0.05) is 22.8 Å². The van der Waals surface area contributed by atoms with Crippen LogP contribution in [-0.4, -0.2) is 15.9 Å². The first-order valence-corrected chi connectivity index (χ1v) is 7.63. The van der Waals surface area contributed by atoms with E-state index in [1.165, 1.54) is 0 Å². The normalized spacial score (nSPS) is 11.2. The lowest BCUT2D eigenvalue weighted by molar-refractivity contribution is -0.115. The van der Waals surface area contributed by atoms with E-state index in [9.17, 15) is 4.79 Å². The molecule has 0 fully saturated rings. The summed E-state index contributed by atoms with van der Waals surface area (Å²) >= 11 is 0. The van der Waals surface area contributed by atoms with E-state index in [1.807, 2.05) is 55.6 Å². The van der Waals surface area contributed by atoms with E-state index in [0.717, 1.165) is 38.8 Å². The molecule has 4 nitrogen and oxygen atoms in total. The van der Waals surface area contributed by atoms with Crippen LogP contribution in [0.5, 0.6) is 0 Å². The molecule has 4 rings (SSSR count). The van der Waals surface area contributed by atoms with Crippen molar-refractivity contribution in [1.82, 2.24) is 9.97 Å². The van der Waals surface area contributed by atoms with Crippen LogP contribution in [0.1, 0.15) is 11.3 Å². The number of carbonyl (C=O) groups excluding carboxylic acids is 1. The Morgan fingerprint density at radius 2 is 2.00 bits per heavy atom. The second-order valence-corrected chi connectivity index (χ2v) is 5.85. The summed E-state index contributed by atoms with van der Waals surface area (Å²) in [6, 6.07) is 16.0. The van der Waals surface area contributed by atoms with Crippen LogP contribution >= 0.6 is 0 Å². The first-order valence-electron chi connectivity index (χ1n) is 7.63. The minimum Gasteiger partial charge on any atom is -0.361 e. The second kappa shape index (κ2) is 5.32. The van der Waals surface area contributed by atoms with Gasteiger partial charge in [-0.25, -0.2) is 0 Å². The molecule has 0 aliphatic rings. The van der Waals surface area contributed by atoms with Crippen LogP contribution in [0.2, 0.25) is 0 Å². The maximum Gasteiger partial charge on any atom is 0.228 e. The number of benzene rings is 2. The standard InChI is InChI=1S/C19H17N3O/c1-12-9-15-3-2-4-17(19(15)21-12)22-18(23)11-13-5-6-16-14(10-13)7-8-20-16/h2-10,20-21H,11H2,1H3,(H,22,23). The minimum atomic E-state index is -0.0142. The average molecular weight is 303 g/mol. The second-order valence-electron chi connectivity index (χ2n) is 5.85. The zero-order valence-electron chi connectivity index (χ0n) is 12.8. The molecule has 0 spiro atoms. The Kier molecular flexibility index (Phi) is 3.15. The topological polar surface area (TPSA) is 60.7 Å². The number of rotatable bonds is 3. The van der Waals surface area contributed by atoms with Crippen molar-refractivity contribution in [2.24, 2.45) is 0 Å². The van der Waals surface area contributed by atoms with Crippen molar-refractivity contribution in [1.29, 1.82) is 0 Å². The van der Waals surface area contributed by atoms with Gasteiger partial charge in [-0.2, -0.15) is 0 Å². The van der Waals surface area contributed by atoms with E-state index in [2.05, 4.69) is 21.4 Å². The number of aromatic amines is 2. The maximum atomic E-state index is 12.4. The van der Waals surface area contributed by atoms with Crippen molar-refractivity contribution in [2.75, 3.05) is 5.32 Å². The van der Waals surface area contributed by atoms with E-state index in [1.54, 1.807) is 0 Å². The summed E-state index contributed by atoms with van der Waals surface area (Å²) in [5.74, 6) is -0.0142. The molecule has 2 heterocycles. The minimum absolute atomic E-state index is 0.0142. The summed E-state index contributed by atoms with van der Waals surface area (Å²) < 4.78 is 0. The highest BCUT2D eigenvalue weighted by Gasteiger charge is 2.09. The molecule has 0 unspecified atom stereocenters. The zero-order valence-corrected chi connectivity index (χ0v) is 12.8. The predicted molar refractivity (Wildman–Crippen MR) is 93.7 cm³/mol. The van der Waals surface area contributed by atoms with E-state index >= 15 is 0 Å². The van der Waals surface area contributed by atoms with Gasteiger partial charge >= 0.3 is 0 Å². The number of fused-ring (bicyclic) bond motifs is 2. The molecule has 4 aromatic rings. The third-order valence-corrected chi connectivity index (χ3v) is 4.05. The number of carbonyl (C=O) groups is 1. The molecule has 23 heavy (non-hydrogen) atoms. The van der Waals surface area contributed by atoms with Crippen LogP contribution in [0.25, 0.3) is 21.8 Å². The molecule has 0 saturated heterocycles. The van der Waals surface area contributed by atoms with Gasteiger partial charge in [-0.15, -0.1) is 0 Å². The lowest BCUT2D eigenvalue weighted by Crippen LogP contribution is -2.14. The number of hydrogen-bond acceptors (Lipinski definition) is 1. The molecule has 0 atom stereocenters. The first kappa shape index (κ1) is 13.6. The molecule has 114 valence electrons. The van der Waals surface area contributed by atoms with Gasteiger partial charge in [0.25, 0.3) is 0 Å². The van der Waals surface area contributed by atoms with Crippen LogP contribution in [-0.2, 0) is 11.2 Å². The fourth-order valence-corrected chi connectivity index (χ4v) is 2.99. The maximum absolute atomic E-state index is 12.4. The van der Waals surface area contributed by atoms with Gasteiger partial charge in [0.05, 0.1) is 17.6 Å². The van der Waals surface area contributed by atoms with Crippen LogP contribution in [0.15, 0.2) is 54.7 Å². The molecule has 4 heteroatoms. The van der Waals surface area contributed by atoms with Crippen molar-refractivity contribution in [3.63, 3.8) is 0 Å². The van der Waals surface area contributed by atoms with Crippen LogP contribution in [0.4, 0.5) is 5.69 Å². The molecule has 2 aromatic carbocycles. The van der Waals surface area contributed by atoms with Crippen molar-refractivity contribution in [3.05, 3.63) is 66.0 Å². The van der Waals surface area contributed by atoms with Gasteiger partial charge in [0.2, 0.25) is 5.91 Å². The molecule has 0 aliphatic heterocycles. The third-order valence-electron chi connectivity index (χ3n) is 4.05. The number of anilines is 1. The smallest absolute Gasteiger partial charge is 0.228 e. The fourth-order valence-electron chi connectivity index (χ4n) is 2.99. The Labute approximate surface area is 133 Å². The average Bonchev–Trinajstić information content (AvgIpc) is 3.12. The lowest BCUT2D eigenvalue weighted by atomic mass is 10.1. The number of amides is 1. The van der Waals surface area contributed by atoms with Crippen molar-refractivity contribution >= 4 is 33.4 Å². The van der Waals surface area contributed by atoms with Gasteiger partial charge in [-0.05, 0) is 48.2 Å². The highest BCUT2D eigenvalue weighted by molar-refractivity contribution is 6.01. The Bertz CT molecular complexity index is 1010. The van der Waals surface area contributed by atoms with Crippen LogP contribution in [0, 0.1) is 6.92 Å². The van der Waals surface area contributed by atoms with E-state index < -0.39 is 0 Å². The third kappa shape index (κ3) is 2.59. The fraction of sp³-hybridized carbons (Fsp3) is 0.105. The molecular formula is C19H17N3O. The molecule has 0 radical (unpaired) electrons. The summed E-state index contributed by atoms with van der Waals surface area (Å²) in [4.78, 5) is 18.8. The van der Waals surface area contributed by atoms with Gasteiger partial charge in [-0.3, -0.25) is 4.79 Å². The quantitative estimate of drug-likeness (QED) is 0.523. The summed E-state index contributed by atoms with van der Waals surface area (Å²) in [7, 11) is 0. The molecule has 1 amide bonds. The van der Waals surface area contributed by atoms with Gasteiger partial charge in [0.1, 0.15) is 0 Å². The SMILES string of the molecule is Cc1cc2cccc(NC(=O)Cc3ccc4[nH]ccc4c3)c2[nH]1. The summed E-state index contributed by atoms with van der Waals surface area (Å²) in [5.41, 5.74) is 4.97. The number of nitrogens with one attached hydrogen (secondary N) is 3.